The van der Waals surface area contributed by atoms with E-state index < -0.39 is 24.2 Å². The second-order valence-corrected chi connectivity index (χ2v) is 7.92. The summed E-state index contributed by atoms with van der Waals surface area (Å²) in [5.74, 6) is -1.00. The molecule has 32 heavy (non-hydrogen) atoms. The first-order valence-corrected chi connectivity index (χ1v) is 11.2. The van der Waals surface area contributed by atoms with Crippen molar-refractivity contribution in [2.24, 2.45) is 0 Å². The van der Waals surface area contributed by atoms with E-state index in [1.54, 1.807) is 24.4 Å². The van der Waals surface area contributed by atoms with Gasteiger partial charge in [-0.2, -0.15) is 0 Å². The highest BCUT2D eigenvalue weighted by Gasteiger charge is 2.38. The molecule has 9 heteroatoms. The fourth-order valence-electron chi connectivity index (χ4n) is 3.74. The lowest BCUT2D eigenvalue weighted by molar-refractivity contribution is -0.133. The number of nitrogens with zero attached hydrogens (tertiary/aromatic N) is 1. The molecule has 0 radical (unpaired) electrons. The molecule has 0 bridgehead atoms. The maximum Gasteiger partial charge on any atom is 0.331 e. The number of anilines is 2. The van der Waals surface area contributed by atoms with Crippen LogP contribution in [0.25, 0.3) is 0 Å². The van der Waals surface area contributed by atoms with Gasteiger partial charge in [0, 0.05) is 31.5 Å². The van der Waals surface area contributed by atoms with Crippen LogP contribution in [0.2, 0.25) is 0 Å². The van der Waals surface area contributed by atoms with Crippen molar-refractivity contribution in [2.45, 2.75) is 84.1 Å². The van der Waals surface area contributed by atoms with Crippen LogP contribution >= 0.6 is 0 Å². The maximum absolute atomic E-state index is 12.1. The third-order valence-corrected chi connectivity index (χ3v) is 5.38. The molecule has 9 nitrogen and oxygen atoms in total. The van der Waals surface area contributed by atoms with Gasteiger partial charge in [0.2, 0.25) is 11.8 Å². The predicted molar refractivity (Wildman–Crippen MR) is 122 cm³/mol. The van der Waals surface area contributed by atoms with Gasteiger partial charge in [-0.3, -0.25) is 9.59 Å². The monoisotopic (exact) mass is 446 g/mol. The molecule has 4 N–H and O–H groups in total. The average molecular weight is 447 g/mol. The molecule has 1 aliphatic carbocycles. The average Bonchev–Trinajstić information content (AvgIpc) is 2.74. The molecule has 1 aromatic heterocycles. The van der Waals surface area contributed by atoms with E-state index in [9.17, 15) is 19.5 Å². The number of carboxylic acid groups (broad SMARTS) is 1. The van der Waals surface area contributed by atoms with E-state index in [2.05, 4.69) is 20.9 Å². The number of aliphatic carboxylic acids is 1. The van der Waals surface area contributed by atoms with Gasteiger partial charge in [-0.1, -0.05) is 20.8 Å². The first-order chi connectivity index (χ1) is 15.3. The summed E-state index contributed by atoms with van der Waals surface area (Å²) in [5, 5.41) is 18.7. The molecule has 0 spiro atoms. The molecular weight excluding hydrogens is 412 g/mol. The molecular formula is C23H34N4O5. The summed E-state index contributed by atoms with van der Waals surface area (Å²) >= 11 is 0. The highest BCUT2D eigenvalue weighted by molar-refractivity contribution is 5.93. The minimum atomic E-state index is -1.03. The Balaban J connectivity index is 2.37. The van der Waals surface area contributed by atoms with E-state index in [-0.39, 0.29) is 29.9 Å². The highest BCUT2D eigenvalue weighted by Crippen LogP contribution is 2.28. The molecule has 3 atom stereocenters. The van der Waals surface area contributed by atoms with Gasteiger partial charge < -0.3 is 25.8 Å². The molecule has 0 unspecified atom stereocenters. The lowest BCUT2D eigenvalue weighted by atomic mass is 9.87. The topological polar surface area (TPSA) is 130 Å². The quantitative estimate of drug-likeness (QED) is 0.411. The number of pyridine rings is 1. The van der Waals surface area contributed by atoms with Crippen molar-refractivity contribution >= 4 is 29.3 Å². The first-order valence-electron chi connectivity index (χ1n) is 11.2. The predicted octanol–water partition coefficient (Wildman–Crippen LogP) is 3.09. The first kappa shape index (κ1) is 25.3. The minimum Gasteiger partial charge on any atom is -0.478 e. The number of carbonyl (C=O) groups is 3. The van der Waals surface area contributed by atoms with Gasteiger partial charge in [0.15, 0.2) is 0 Å². The number of aromatic nitrogens is 1. The van der Waals surface area contributed by atoms with E-state index in [0.717, 1.165) is 12.8 Å². The Morgan fingerprint density at radius 2 is 1.97 bits per heavy atom. The third-order valence-electron chi connectivity index (χ3n) is 5.38. The lowest BCUT2D eigenvalue weighted by Gasteiger charge is -2.38. The number of rotatable bonds is 11. The summed E-state index contributed by atoms with van der Waals surface area (Å²) in [5.41, 5.74) is 0.698. The summed E-state index contributed by atoms with van der Waals surface area (Å²) in [6, 6.07) is 2.41. The SMILES string of the molecule is CCCC(=O)Nc1cccnc1N[C@H]1CC(C(=O)O)=C[C@@H](OC(CC)CC)[C@@H]1NC(C)=O. The van der Waals surface area contributed by atoms with E-state index >= 15 is 0 Å². The zero-order valence-corrected chi connectivity index (χ0v) is 19.2. The molecule has 0 saturated carbocycles. The minimum absolute atomic E-state index is 0.0694. The molecule has 1 aromatic rings. The summed E-state index contributed by atoms with van der Waals surface area (Å²) in [6.45, 7) is 7.34. The van der Waals surface area contributed by atoms with Crippen molar-refractivity contribution in [1.29, 1.82) is 0 Å². The van der Waals surface area contributed by atoms with Crippen LogP contribution in [0.15, 0.2) is 30.0 Å². The molecule has 0 aromatic carbocycles. The molecule has 0 fully saturated rings. The van der Waals surface area contributed by atoms with E-state index in [0.29, 0.717) is 24.3 Å². The van der Waals surface area contributed by atoms with Crippen molar-refractivity contribution in [1.82, 2.24) is 10.3 Å². The maximum atomic E-state index is 12.1. The van der Waals surface area contributed by atoms with Crippen LogP contribution in [-0.2, 0) is 19.1 Å². The van der Waals surface area contributed by atoms with Crippen LogP contribution in [0.5, 0.6) is 0 Å². The summed E-state index contributed by atoms with van der Waals surface area (Å²) in [7, 11) is 0. The van der Waals surface area contributed by atoms with Crippen molar-refractivity contribution in [3.8, 4) is 0 Å². The van der Waals surface area contributed by atoms with Gasteiger partial charge in [-0.25, -0.2) is 9.78 Å². The highest BCUT2D eigenvalue weighted by atomic mass is 16.5. The van der Waals surface area contributed by atoms with Crippen molar-refractivity contribution in [3.63, 3.8) is 0 Å². The molecule has 2 amide bonds. The Kier molecular flexibility index (Phi) is 9.64. The Hall–Kier alpha value is -2.94. The fourth-order valence-corrected chi connectivity index (χ4v) is 3.74. The lowest BCUT2D eigenvalue weighted by Crippen LogP contribution is -2.56. The Morgan fingerprint density at radius 3 is 2.56 bits per heavy atom. The van der Waals surface area contributed by atoms with Crippen LogP contribution in [-0.4, -0.2) is 52.2 Å². The smallest absolute Gasteiger partial charge is 0.331 e. The van der Waals surface area contributed by atoms with Gasteiger partial charge in [0.05, 0.1) is 30.0 Å². The number of hydrogen-bond acceptors (Lipinski definition) is 6. The molecule has 0 aliphatic heterocycles. The molecule has 2 rings (SSSR count). The molecule has 176 valence electrons. The molecule has 1 heterocycles. The Labute approximate surface area is 189 Å². The van der Waals surface area contributed by atoms with Gasteiger partial charge in [0.1, 0.15) is 5.82 Å². The summed E-state index contributed by atoms with van der Waals surface area (Å²) < 4.78 is 6.19. The van der Waals surface area contributed by atoms with Gasteiger partial charge in [0.25, 0.3) is 0 Å². The van der Waals surface area contributed by atoms with Crippen molar-refractivity contribution in [3.05, 3.63) is 30.0 Å². The molecule has 1 aliphatic rings. The number of amides is 2. The fraction of sp³-hybridized carbons (Fsp3) is 0.565. The van der Waals surface area contributed by atoms with Gasteiger partial charge >= 0.3 is 5.97 Å². The van der Waals surface area contributed by atoms with Gasteiger partial charge in [-0.05, 0) is 37.5 Å². The van der Waals surface area contributed by atoms with Crippen molar-refractivity contribution in [2.75, 3.05) is 10.6 Å². The Morgan fingerprint density at radius 1 is 1.25 bits per heavy atom. The number of ether oxygens (including phenoxy) is 1. The number of carbonyl (C=O) groups excluding carboxylic acids is 2. The number of nitrogens with one attached hydrogen (secondary N) is 3. The van der Waals surface area contributed by atoms with Crippen molar-refractivity contribution < 1.29 is 24.2 Å². The Bertz CT molecular complexity index is 837. The normalized spacial score (nSPS) is 20.4. The third kappa shape index (κ3) is 7.05. The van der Waals surface area contributed by atoms with Crippen LogP contribution in [0.1, 0.15) is 59.8 Å². The number of carboxylic acids is 1. The summed E-state index contributed by atoms with van der Waals surface area (Å²) in [4.78, 5) is 40.3. The molecule has 0 saturated heterocycles. The van der Waals surface area contributed by atoms with Crippen LogP contribution in [0.3, 0.4) is 0 Å². The van der Waals surface area contributed by atoms with Gasteiger partial charge in [-0.15, -0.1) is 0 Å². The zero-order valence-electron chi connectivity index (χ0n) is 19.2. The van der Waals surface area contributed by atoms with E-state index in [4.69, 9.17) is 4.74 Å². The van der Waals surface area contributed by atoms with E-state index in [1.807, 2.05) is 20.8 Å². The van der Waals surface area contributed by atoms with Crippen LogP contribution in [0, 0.1) is 0 Å². The summed E-state index contributed by atoms with van der Waals surface area (Å²) in [6.07, 6.45) is 5.25. The van der Waals surface area contributed by atoms with Crippen LogP contribution < -0.4 is 16.0 Å². The second kappa shape index (κ2) is 12.2. The number of hydrogen-bond donors (Lipinski definition) is 4. The van der Waals surface area contributed by atoms with Crippen LogP contribution in [0.4, 0.5) is 11.5 Å². The van der Waals surface area contributed by atoms with E-state index in [1.165, 1.54) is 6.92 Å². The second-order valence-electron chi connectivity index (χ2n) is 7.92. The zero-order chi connectivity index (χ0) is 23.7. The largest absolute Gasteiger partial charge is 0.478 e. The standard InChI is InChI=1S/C23H34N4O5/c1-5-9-20(29)26-17-10-8-11-24-22(17)27-18-12-15(23(30)31)13-19(21(18)25-14(4)28)32-16(6-2)7-3/h8,10-11,13,16,18-19,21H,5-7,9,12H2,1-4H3,(H,24,27)(H,25,28)(H,26,29)(H,30,31)/t18-,19+,21+/m0/s1.